The maximum absolute atomic E-state index is 6.30. The van der Waals surface area contributed by atoms with Gasteiger partial charge in [0.15, 0.2) is 11.5 Å². The second-order valence-electron chi connectivity index (χ2n) is 5.16. The topological polar surface area (TPSA) is 39.7 Å². The van der Waals surface area contributed by atoms with Crippen LogP contribution in [0.15, 0.2) is 49.1 Å². The summed E-state index contributed by atoms with van der Waals surface area (Å²) in [5.41, 5.74) is 2.20. The molecule has 0 aliphatic heterocycles. The van der Waals surface area contributed by atoms with Gasteiger partial charge in [-0.25, -0.2) is 0 Å². The summed E-state index contributed by atoms with van der Waals surface area (Å²) >= 11 is 6.30. The first kappa shape index (κ1) is 21.2. The summed E-state index contributed by atoms with van der Waals surface area (Å²) in [7, 11) is 3.26. The molecular weight excluding hydrogens is 361 g/mol. The minimum atomic E-state index is 0. The fourth-order valence-electron chi connectivity index (χ4n) is 2.25. The van der Waals surface area contributed by atoms with Crippen molar-refractivity contribution in [3.8, 4) is 17.2 Å². The average molecular weight is 384 g/mol. The highest BCUT2D eigenvalue weighted by atomic mass is 35.5. The van der Waals surface area contributed by atoms with Crippen LogP contribution < -0.4 is 19.5 Å². The number of rotatable bonds is 9. The van der Waals surface area contributed by atoms with Crippen LogP contribution >= 0.6 is 24.0 Å². The van der Waals surface area contributed by atoms with Crippen molar-refractivity contribution in [3.63, 3.8) is 0 Å². The molecule has 6 heteroatoms. The fourth-order valence-corrected chi connectivity index (χ4v) is 2.54. The third-order valence-electron chi connectivity index (χ3n) is 3.45. The van der Waals surface area contributed by atoms with Gasteiger partial charge in [-0.1, -0.05) is 36.4 Å². The first-order chi connectivity index (χ1) is 11.7. The molecule has 4 nitrogen and oxygen atoms in total. The van der Waals surface area contributed by atoms with Crippen LogP contribution in [0.25, 0.3) is 0 Å². The molecule has 136 valence electrons. The van der Waals surface area contributed by atoms with E-state index in [1.54, 1.807) is 20.3 Å². The van der Waals surface area contributed by atoms with Crippen LogP contribution in [-0.4, -0.2) is 20.8 Å². The van der Waals surface area contributed by atoms with E-state index in [0.29, 0.717) is 29.7 Å². The smallest absolute Gasteiger partial charge is 0.180 e. The molecule has 0 spiro atoms. The number of methoxy groups -OCH3 is 2. The van der Waals surface area contributed by atoms with Gasteiger partial charge in [0.25, 0.3) is 0 Å². The Balaban J connectivity index is 0.00000312. The van der Waals surface area contributed by atoms with Crippen molar-refractivity contribution in [2.45, 2.75) is 13.1 Å². The predicted octanol–water partition coefficient (Wildman–Crippen LogP) is 4.63. The molecule has 0 atom stereocenters. The van der Waals surface area contributed by atoms with Crippen molar-refractivity contribution in [2.75, 3.05) is 20.8 Å². The normalized spacial score (nSPS) is 9.88. The highest BCUT2D eigenvalue weighted by Crippen LogP contribution is 2.36. The lowest BCUT2D eigenvalue weighted by Gasteiger charge is -2.14. The van der Waals surface area contributed by atoms with Gasteiger partial charge >= 0.3 is 0 Å². The second-order valence-corrected chi connectivity index (χ2v) is 5.57. The van der Waals surface area contributed by atoms with Gasteiger partial charge in [0.05, 0.1) is 19.2 Å². The number of hydrogen-bond acceptors (Lipinski definition) is 4. The lowest BCUT2D eigenvalue weighted by Crippen LogP contribution is -2.13. The molecule has 0 aliphatic carbocycles. The molecule has 0 saturated heterocycles. The Morgan fingerprint density at radius 3 is 2.32 bits per heavy atom. The van der Waals surface area contributed by atoms with Gasteiger partial charge in [-0.05, 0) is 35.4 Å². The molecule has 0 saturated carbocycles. The van der Waals surface area contributed by atoms with Gasteiger partial charge in [0.2, 0.25) is 0 Å². The van der Waals surface area contributed by atoms with Crippen molar-refractivity contribution in [2.24, 2.45) is 0 Å². The van der Waals surface area contributed by atoms with Crippen LogP contribution in [0, 0.1) is 0 Å². The Morgan fingerprint density at radius 2 is 1.72 bits per heavy atom. The molecule has 0 unspecified atom stereocenters. The number of halogens is 2. The van der Waals surface area contributed by atoms with Gasteiger partial charge in [0, 0.05) is 13.1 Å². The van der Waals surface area contributed by atoms with Crippen molar-refractivity contribution in [1.29, 1.82) is 0 Å². The number of nitrogens with one attached hydrogen (secondary N) is 1. The highest BCUT2D eigenvalue weighted by Gasteiger charge is 2.11. The van der Waals surface area contributed by atoms with Gasteiger partial charge < -0.3 is 19.5 Å². The zero-order valence-corrected chi connectivity index (χ0v) is 16.0. The van der Waals surface area contributed by atoms with Crippen molar-refractivity contribution in [1.82, 2.24) is 5.32 Å². The summed E-state index contributed by atoms with van der Waals surface area (Å²) in [5, 5.41) is 3.91. The van der Waals surface area contributed by atoms with Crippen LogP contribution in [0.4, 0.5) is 0 Å². The van der Waals surface area contributed by atoms with E-state index in [0.717, 1.165) is 17.9 Å². The molecule has 0 fully saturated rings. The van der Waals surface area contributed by atoms with E-state index in [4.69, 9.17) is 25.8 Å². The largest absolute Gasteiger partial charge is 0.497 e. The Bertz CT molecular complexity index is 675. The summed E-state index contributed by atoms with van der Waals surface area (Å²) in [6.07, 6.45) is 1.67. The van der Waals surface area contributed by atoms with E-state index in [2.05, 4.69) is 11.9 Å². The SMILES string of the molecule is C=CCOc1c(Cl)cc(CNCc2ccc(OC)cc2)cc1OC.Cl. The first-order valence-electron chi connectivity index (χ1n) is 7.61. The maximum Gasteiger partial charge on any atom is 0.180 e. The fraction of sp³-hybridized carbons (Fsp3) is 0.263. The molecule has 2 aromatic carbocycles. The summed E-state index contributed by atoms with van der Waals surface area (Å²) in [6, 6.07) is 11.8. The third-order valence-corrected chi connectivity index (χ3v) is 3.73. The zero-order chi connectivity index (χ0) is 17.4. The average Bonchev–Trinajstić information content (AvgIpc) is 2.61. The van der Waals surface area contributed by atoms with E-state index in [-0.39, 0.29) is 12.4 Å². The number of hydrogen-bond donors (Lipinski definition) is 1. The van der Waals surface area contributed by atoms with Crippen LogP contribution in [-0.2, 0) is 13.1 Å². The monoisotopic (exact) mass is 383 g/mol. The molecule has 25 heavy (non-hydrogen) atoms. The molecule has 0 aromatic heterocycles. The lowest BCUT2D eigenvalue weighted by atomic mass is 10.1. The predicted molar refractivity (Wildman–Crippen MR) is 104 cm³/mol. The van der Waals surface area contributed by atoms with E-state index in [9.17, 15) is 0 Å². The van der Waals surface area contributed by atoms with Crippen LogP contribution in [0.3, 0.4) is 0 Å². The quantitative estimate of drug-likeness (QED) is 0.640. The minimum absolute atomic E-state index is 0. The van der Waals surface area contributed by atoms with Crippen molar-refractivity contribution >= 4 is 24.0 Å². The summed E-state index contributed by atoms with van der Waals surface area (Å²) < 4.78 is 16.1. The molecule has 2 aromatic rings. The molecule has 0 radical (unpaired) electrons. The molecule has 0 heterocycles. The van der Waals surface area contributed by atoms with E-state index >= 15 is 0 Å². The molecule has 2 rings (SSSR count). The number of benzene rings is 2. The lowest BCUT2D eigenvalue weighted by molar-refractivity contribution is 0.326. The third kappa shape index (κ3) is 6.16. The number of ether oxygens (including phenoxy) is 3. The summed E-state index contributed by atoms with van der Waals surface area (Å²) in [4.78, 5) is 0. The maximum atomic E-state index is 6.30. The zero-order valence-electron chi connectivity index (χ0n) is 14.4. The van der Waals surface area contributed by atoms with E-state index in [1.807, 2.05) is 36.4 Å². The van der Waals surface area contributed by atoms with Crippen LogP contribution in [0.5, 0.6) is 17.2 Å². The van der Waals surface area contributed by atoms with Gasteiger partial charge in [-0.3, -0.25) is 0 Å². The Hall–Kier alpha value is -1.88. The van der Waals surface area contributed by atoms with E-state index in [1.165, 1.54) is 5.56 Å². The highest BCUT2D eigenvalue weighted by molar-refractivity contribution is 6.32. The molecular formula is C19H23Cl2NO3. The van der Waals surface area contributed by atoms with E-state index < -0.39 is 0 Å². The molecule has 1 N–H and O–H groups in total. The van der Waals surface area contributed by atoms with Crippen molar-refractivity contribution < 1.29 is 14.2 Å². The van der Waals surface area contributed by atoms with Crippen molar-refractivity contribution in [3.05, 3.63) is 65.2 Å². The Labute approximate surface area is 160 Å². The molecule has 0 bridgehead atoms. The summed E-state index contributed by atoms with van der Waals surface area (Å²) in [6.45, 7) is 5.43. The molecule has 0 amide bonds. The Kier molecular flexibility index (Phi) is 9.21. The Morgan fingerprint density at radius 1 is 1.04 bits per heavy atom. The van der Waals surface area contributed by atoms with Crippen LogP contribution in [0.1, 0.15) is 11.1 Å². The molecule has 0 aliphatic rings. The van der Waals surface area contributed by atoms with Gasteiger partial charge in [-0.2, -0.15) is 0 Å². The minimum Gasteiger partial charge on any atom is -0.497 e. The summed E-state index contributed by atoms with van der Waals surface area (Å²) in [5.74, 6) is 2.01. The second kappa shape index (κ2) is 10.9. The van der Waals surface area contributed by atoms with Crippen LogP contribution in [0.2, 0.25) is 5.02 Å². The van der Waals surface area contributed by atoms with Gasteiger partial charge in [0.1, 0.15) is 12.4 Å². The first-order valence-corrected chi connectivity index (χ1v) is 7.99. The standard InChI is InChI=1S/C19H22ClNO3.ClH/c1-4-9-24-19-17(20)10-15(11-18(19)23-3)13-21-12-14-5-7-16(22-2)8-6-14;/h4-8,10-11,21H,1,9,12-13H2,2-3H3;1H. The van der Waals surface area contributed by atoms with Gasteiger partial charge in [-0.15, -0.1) is 12.4 Å².